The lowest BCUT2D eigenvalue weighted by molar-refractivity contribution is -0.126. The highest BCUT2D eigenvalue weighted by atomic mass is 35.5. The molecule has 0 spiro atoms. The van der Waals surface area contributed by atoms with Crippen LogP contribution in [0.3, 0.4) is 0 Å². The molecule has 1 aliphatic rings. The van der Waals surface area contributed by atoms with E-state index in [1.165, 1.54) is 11.2 Å². The van der Waals surface area contributed by atoms with Crippen LogP contribution in [0.25, 0.3) is 11.4 Å². The Labute approximate surface area is 154 Å². The number of hydrogen-bond donors (Lipinski definition) is 2. The minimum atomic E-state index is -0.462. The van der Waals surface area contributed by atoms with Crippen LogP contribution in [0.2, 0.25) is 0 Å². The van der Waals surface area contributed by atoms with Crippen LogP contribution in [0.5, 0.6) is 0 Å². The molecule has 8 heteroatoms. The number of halogens is 1. The number of carbonyl (C=O) groups is 1. The lowest BCUT2D eigenvalue weighted by Gasteiger charge is -2.20. The minimum Gasteiger partial charge on any atom is -0.353 e. The third kappa shape index (κ3) is 4.76. The summed E-state index contributed by atoms with van der Waals surface area (Å²) in [6, 6.07) is 9.56. The molecular weight excluding hydrogens is 340 g/mol. The maximum Gasteiger partial charge on any atom is 0.247 e. The predicted octanol–water partition coefficient (Wildman–Crippen LogP) is 1.83. The molecule has 2 aromatic rings. The highest BCUT2D eigenvalue weighted by Crippen LogP contribution is 2.18. The maximum atomic E-state index is 12.6. The molecule has 2 heterocycles. The van der Waals surface area contributed by atoms with Gasteiger partial charge in [-0.2, -0.15) is 4.80 Å². The summed E-state index contributed by atoms with van der Waals surface area (Å²) in [4.78, 5) is 14.1. The van der Waals surface area contributed by atoms with Gasteiger partial charge >= 0.3 is 0 Å². The number of benzene rings is 1. The predicted molar refractivity (Wildman–Crippen MR) is 98.4 cm³/mol. The second kappa shape index (κ2) is 8.92. The molecule has 0 aliphatic carbocycles. The normalized spacial score (nSPS) is 18.0. The Morgan fingerprint density at radius 3 is 2.76 bits per heavy atom. The average molecular weight is 365 g/mol. The van der Waals surface area contributed by atoms with E-state index in [0.717, 1.165) is 18.5 Å². The second-order valence-corrected chi connectivity index (χ2v) is 6.53. The Bertz CT molecular complexity index is 669. The Kier molecular flexibility index (Phi) is 6.90. The van der Waals surface area contributed by atoms with Gasteiger partial charge in [-0.3, -0.25) is 4.79 Å². The SMILES string of the molecule is CC(C)C(C(=O)NCC1CCCN1)n1nnc(-c2ccccc2)n1.Cl. The number of nitrogens with zero attached hydrogens (tertiary/aromatic N) is 4. The van der Waals surface area contributed by atoms with E-state index in [-0.39, 0.29) is 24.2 Å². The van der Waals surface area contributed by atoms with Gasteiger partial charge in [0.2, 0.25) is 11.7 Å². The molecule has 1 fully saturated rings. The molecule has 136 valence electrons. The number of nitrogens with one attached hydrogen (secondary N) is 2. The quantitative estimate of drug-likeness (QED) is 0.816. The molecular formula is C17H25ClN6O. The third-order valence-electron chi connectivity index (χ3n) is 4.29. The molecule has 25 heavy (non-hydrogen) atoms. The maximum absolute atomic E-state index is 12.6. The Balaban J connectivity index is 0.00000225. The zero-order valence-corrected chi connectivity index (χ0v) is 15.4. The first kappa shape index (κ1) is 19.3. The first-order chi connectivity index (χ1) is 11.6. The summed E-state index contributed by atoms with van der Waals surface area (Å²) >= 11 is 0. The van der Waals surface area contributed by atoms with Crippen molar-refractivity contribution in [2.24, 2.45) is 5.92 Å². The Hall–Kier alpha value is -1.99. The molecule has 2 unspecified atom stereocenters. The van der Waals surface area contributed by atoms with Crippen molar-refractivity contribution in [1.82, 2.24) is 30.8 Å². The lowest BCUT2D eigenvalue weighted by atomic mass is 10.0. The van der Waals surface area contributed by atoms with Gasteiger partial charge < -0.3 is 10.6 Å². The topological polar surface area (TPSA) is 84.7 Å². The van der Waals surface area contributed by atoms with Gasteiger partial charge in [0.15, 0.2) is 6.04 Å². The van der Waals surface area contributed by atoms with Crippen LogP contribution in [-0.2, 0) is 4.79 Å². The monoisotopic (exact) mass is 364 g/mol. The highest BCUT2D eigenvalue weighted by Gasteiger charge is 2.28. The van der Waals surface area contributed by atoms with E-state index in [1.54, 1.807) is 0 Å². The van der Waals surface area contributed by atoms with E-state index in [9.17, 15) is 4.79 Å². The van der Waals surface area contributed by atoms with Crippen molar-refractivity contribution in [3.8, 4) is 11.4 Å². The number of carbonyl (C=O) groups excluding carboxylic acids is 1. The summed E-state index contributed by atoms with van der Waals surface area (Å²) in [5.74, 6) is 0.543. The summed E-state index contributed by atoms with van der Waals surface area (Å²) in [7, 11) is 0. The fraction of sp³-hybridized carbons (Fsp3) is 0.529. The minimum absolute atomic E-state index is 0. The highest BCUT2D eigenvalue weighted by molar-refractivity contribution is 5.85. The van der Waals surface area contributed by atoms with Crippen molar-refractivity contribution < 1.29 is 4.79 Å². The fourth-order valence-corrected chi connectivity index (χ4v) is 2.98. The van der Waals surface area contributed by atoms with Gasteiger partial charge in [-0.15, -0.1) is 22.6 Å². The van der Waals surface area contributed by atoms with Crippen molar-refractivity contribution in [1.29, 1.82) is 0 Å². The van der Waals surface area contributed by atoms with E-state index in [2.05, 4.69) is 26.0 Å². The van der Waals surface area contributed by atoms with E-state index < -0.39 is 6.04 Å². The van der Waals surface area contributed by atoms with Crippen LogP contribution in [0, 0.1) is 5.92 Å². The standard InChI is InChI=1S/C17H24N6O.ClH/c1-12(2)15(17(24)19-11-14-9-6-10-18-14)23-21-16(20-22-23)13-7-4-3-5-8-13;/h3-5,7-8,12,14-15,18H,6,9-11H2,1-2H3,(H,19,24);1H. The van der Waals surface area contributed by atoms with Gasteiger partial charge in [-0.25, -0.2) is 0 Å². The third-order valence-corrected chi connectivity index (χ3v) is 4.29. The Morgan fingerprint density at radius 2 is 2.12 bits per heavy atom. The second-order valence-electron chi connectivity index (χ2n) is 6.53. The van der Waals surface area contributed by atoms with E-state index in [4.69, 9.17) is 0 Å². The number of aromatic nitrogens is 4. The largest absolute Gasteiger partial charge is 0.353 e. The van der Waals surface area contributed by atoms with Crippen LogP contribution in [0.4, 0.5) is 0 Å². The van der Waals surface area contributed by atoms with E-state index in [0.29, 0.717) is 18.4 Å². The van der Waals surface area contributed by atoms with Crippen molar-refractivity contribution in [3.05, 3.63) is 30.3 Å². The van der Waals surface area contributed by atoms with Gasteiger partial charge in [-0.1, -0.05) is 44.2 Å². The molecule has 2 atom stereocenters. The van der Waals surface area contributed by atoms with Crippen molar-refractivity contribution in [3.63, 3.8) is 0 Å². The summed E-state index contributed by atoms with van der Waals surface area (Å²) in [6.07, 6.45) is 2.27. The van der Waals surface area contributed by atoms with Crippen molar-refractivity contribution in [2.45, 2.75) is 38.8 Å². The zero-order chi connectivity index (χ0) is 16.9. The molecule has 1 aliphatic heterocycles. The smallest absolute Gasteiger partial charge is 0.247 e. The summed E-state index contributed by atoms with van der Waals surface area (Å²) in [5, 5.41) is 19.0. The number of tetrazole rings is 1. The van der Waals surface area contributed by atoms with Gasteiger partial charge in [0.05, 0.1) is 0 Å². The molecule has 1 aromatic heterocycles. The molecule has 1 saturated heterocycles. The van der Waals surface area contributed by atoms with Crippen LogP contribution < -0.4 is 10.6 Å². The molecule has 0 radical (unpaired) electrons. The molecule has 1 aromatic carbocycles. The molecule has 3 rings (SSSR count). The fourth-order valence-electron chi connectivity index (χ4n) is 2.98. The molecule has 0 bridgehead atoms. The molecule has 0 saturated carbocycles. The van der Waals surface area contributed by atoms with Crippen LogP contribution in [0.15, 0.2) is 30.3 Å². The van der Waals surface area contributed by atoms with Gasteiger partial charge in [-0.05, 0) is 30.5 Å². The average Bonchev–Trinajstić information content (AvgIpc) is 3.25. The van der Waals surface area contributed by atoms with Crippen molar-refractivity contribution in [2.75, 3.05) is 13.1 Å². The number of hydrogen-bond acceptors (Lipinski definition) is 5. The number of rotatable bonds is 6. The summed E-state index contributed by atoms with van der Waals surface area (Å²) in [6.45, 7) is 5.65. The van der Waals surface area contributed by atoms with Crippen molar-refractivity contribution >= 4 is 18.3 Å². The van der Waals surface area contributed by atoms with Crippen LogP contribution in [0.1, 0.15) is 32.7 Å². The first-order valence-corrected chi connectivity index (χ1v) is 8.51. The van der Waals surface area contributed by atoms with Gasteiger partial charge in [0.25, 0.3) is 0 Å². The first-order valence-electron chi connectivity index (χ1n) is 8.51. The lowest BCUT2D eigenvalue weighted by Crippen LogP contribution is -2.42. The number of amides is 1. The van der Waals surface area contributed by atoms with Crippen LogP contribution >= 0.6 is 12.4 Å². The van der Waals surface area contributed by atoms with Gasteiger partial charge in [0.1, 0.15) is 0 Å². The summed E-state index contributed by atoms with van der Waals surface area (Å²) in [5.41, 5.74) is 0.891. The molecule has 1 amide bonds. The molecule has 7 nitrogen and oxygen atoms in total. The van der Waals surface area contributed by atoms with E-state index in [1.807, 2.05) is 44.2 Å². The van der Waals surface area contributed by atoms with E-state index >= 15 is 0 Å². The zero-order valence-electron chi connectivity index (χ0n) is 14.6. The van der Waals surface area contributed by atoms with Gasteiger partial charge in [0, 0.05) is 18.2 Å². The molecule has 2 N–H and O–H groups in total. The summed E-state index contributed by atoms with van der Waals surface area (Å²) < 4.78 is 0. The van der Waals surface area contributed by atoms with Crippen LogP contribution in [-0.4, -0.2) is 45.2 Å². The Morgan fingerprint density at radius 1 is 1.36 bits per heavy atom.